The Kier molecular flexibility index (Phi) is 6.00. The summed E-state index contributed by atoms with van der Waals surface area (Å²) in [6, 6.07) is 5.44. The predicted molar refractivity (Wildman–Crippen MR) is 115 cm³/mol. The minimum absolute atomic E-state index is 0.519. The molecule has 1 aliphatic heterocycles. The summed E-state index contributed by atoms with van der Waals surface area (Å²) in [4.78, 5) is 12.3. The molecule has 2 aliphatic rings. The highest BCUT2D eigenvalue weighted by molar-refractivity contribution is 5.97. The van der Waals surface area contributed by atoms with Crippen molar-refractivity contribution in [3.8, 4) is 0 Å². The van der Waals surface area contributed by atoms with Crippen LogP contribution in [0.2, 0.25) is 0 Å². The van der Waals surface area contributed by atoms with Crippen LogP contribution in [0.1, 0.15) is 64.0 Å². The Morgan fingerprint density at radius 3 is 2.54 bits per heavy atom. The van der Waals surface area contributed by atoms with Gasteiger partial charge in [-0.1, -0.05) is 19.0 Å². The Bertz CT molecular complexity index is 796. The number of piperidine rings is 1. The van der Waals surface area contributed by atoms with Gasteiger partial charge in [0.15, 0.2) is 0 Å². The van der Waals surface area contributed by atoms with Gasteiger partial charge in [0.05, 0.1) is 6.21 Å². The molecular weight excluding hydrogens is 348 g/mol. The first-order chi connectivity index (χ1) is 13.7. The van der Waals surface area contributed by atoms with Crippen molar-refractivity contribution < 1.29 is 4.84 Å². The van der Waals surface area contributed by atoms with E-state index in [2.05, 4.69) is 45.7 Å². The van der Waals surface area contributed by atoms with Crippen LogP contribution < -0.4 is 0 Å². The molecule has 1 aliphatic carbocycles. The number of oxime groups is 1. The molecule has 0 aromatic carbocycles. The minimum Gasteiger partial charge on any atom is -0.399 e. The maximum Gasteiger partial charge on any atom is 0.140 e. The van der Waals surface area contributed by atoms with Crippen LogP contribution in [0.15, 0.2) is 29.7 Å². The summed E-state index contributed by atoms with van der Waals surface area (Å²) < 4.78 is 2.37. The summed E-state index contributed by atoms with van der Waals surface area (Å²) in [5.74, 6) is 1.79. The fourth-order valence-electron chi connectivity index (χ4n) is 5.26. The topological polar surface area (TPSA) is 42.6 Å². The first kappa shape index (κ1) is 19.4. The lowest BCUT2D eigenvalue weighted by Gasteiger charge is -2.41. The van der Waals surface area contributed by atoms with Crippen molar-refractivity contribution in [1.82, 2.24) is 14.5 Å². The van der Waals surface area contributed by atoms with Gasteiger partial charge in [-0.05, 0) is 62.5 Å². The second-order valence-corrected chi connectivity index (χ2v) is 8.86. The summed E-state index contributed by atoms with van der Waals surface area (Å²) in [6.45, 7) is 7.18. The van der Waals surface area contributed by atoms with Crippen LogP contribution in [0.25, 0.3) is 11.0 Å². The Balaban J connectivity index is 1.42. The van der Waals surface area contributed by atoms with Crippen molar-refractivity contribution in [1.29, 1.82) is 0 Å². The monoisotopic (exact) mass is 382 g/mol. The molecule has 0 bridgehead atoms. The number of likely N-dealkylation sites (tertiary alicyclic amines) is 1. The summed E-state index contributed by atoms with van der Waals surface area (Å²) >= 11 is 0. The standard InChI is InChI=1S/C23H34N4O/c1-17(2)18-6-8-20(9-7-18)26-13-10-21(11-14-26)27-16-19(15-25-28-3)22-5-4-12-24-23(22)27/h4-5,12,15-18,20-21H,6-11,13-14H2,1-3H3. The predicted octanol–water partition coefficient (Wildman–Crippen LogP) is 4.87. The first-order valence-corrected chi connectivity index (χ1v) is 10.9. The molecule has 0 atom stereocenters. The molecule has 4 rings (SSSR count). The third kappa shape index (κ3) is 3.95. The SMILES string of the molecule is CON=Cc1cn(C2CCN(C3CCC(C(C)C)CC3)CC2)c2ncccc12. The Hall–Kier alpha value is -1.88. The van der Waals surface area contributed by atoms with E-state index < -0.39 is 0 Å². The number of hydrogen-bond donors (Lipinski definition) is 0. The lowest BCUT2D eigenvalue weighted by molar-refractivity contribution is 0.0893. The molecule has 5 nitrogen and oxygen atoms in total. The van der Waals surface area contributed by atoms with Crippen LogP contribution >= 0.6 is 0 Å². The van der Waals surface area contributed by atoms with Crippen LogP contribution in [0, 0.1) is 11.8 Å². The number of pyridine rings is 1. The van der Waals surface area contributed by atoms with E-state index in [0.29, 0.717) is 6.04 Å². The molecule has 5 heteroatoms. The Morgan fingerprint density at radius 2 is 1.86 bits per heavy atom. The molecule has 0 N–H and O–H groups in total. The van der Waals surface area contributed by atoms with Crippen LogP contribution in [0.5, 0.6) is 0 Å². The van der Waals surface area contributed by atoms with Gasteiger partial charge in [0.1, 0.15) is 12.8 Å². The highest BCUT2D eigenvalue weighted by Crippen LogP contribution is 2.35. The molecule has 2 fully saturated rings. The van der Waals surface area contributed by atoms with Gasteiger partial charge in [-0.15, -0.1) is 0 Å². The molecule has 3 heterocycles. The van der Waals surface area contributed by atoms with Crippen molar-refractivity contribution in [2.24, 2.45) is 17.0 Å². The summed E-state index contributed by atoms with van der Waals surface area (Å²) in [7, 11) is 1.58. The van der Waals surface area contributed by atoms with Crippen molar-refractivity contribution in [3.05, 3.63) is 30.1 Å². The normalized spacial score (nSPS) is 25.1. The van der Waals surface area contributed by atoms with E-state index in [1.54, 1.807) is 13.3 Å². The van der Waals surface area contributed by atoms with Gasteiger partial charge in [0, 0.05) is 48.5 Å². The van der Waals surface area contributed by atoms with E-state index in [1.165, 1.54) is 51.6 Å². The summed E-state index contributed by atoms with van der Waals surface area (Å²) in [6.07, 6.45) is 13.9. The minimum atomic E-state index is 0.519. The second kappa shape index (κ2) is 8.64. The van der Waals surface area contributed by atoms with Gasteiger partial charge in [0.2, 0.25) is 0 Å². The zero-order chi connectivity index (χ0) is 19.5. The third-order valence-electron chi connectivity index (χ3n) is 7.01. The highest BCUT2D eigenvalue weighted by atomic mass is 16.6. The van der Waals surface area contributed by atoms with E-state index in [4.69, 9.17) is 4.84 Å². The fraction of sp³-hybridized carbons (Fsp3) is 0.652. The Morgan fingerprint density at radius 1 is 1.11 bits per heavy atom. The van der Waals surface area contributed by atoms with E-state index in [-0.39, 0.29) is 0 Å². The first-order valence-electron chi connectivity index (χ1n) is 10.9. The zero-order valence-electron chi connectivity index (χ0n) is 17.6. The summed E-state index contributed by atoms with van der Waals surface area (Å²) in [5.41, 5.74) is 2.15. The Labute approximate surface area is 168 Å². The van der Waals surface area contributed by atoms with Crippen molar-refractivity contribution in [2.45, 2.75) is 64.5 Å². The van der Waals surface area contributed by atoms with E-state index in [9.17, 15) is 0 Å². The molecule has 2 aromatic rings. The van der Waals surface area contributed by atoms with Gasteiger partial charge in [0.25, 0.3) is 0 Å². The van der Waals surface area contributed by atoms with E-state index >= 15 is 0 Å². The number of hydrogen-bond acceptors (Lipinski definition) is 4. The van der Waals surface area contributed by atoms with Crippen LogP contribution in [0.3, 0.4) is 0 Å². The number of fused-ring (bicyclic) bond motifs is 1. The second-order valence-electron chi connectivity index (χ2n) is 8.86. The molecule has 1 saturated heterocycles. The molecule has 0 spiro atoms. The molecule has 152 valence electrons. The number of rotatable bonds is 5. The van der Waals surface area contributed by atoms with Gasteiger partial charge in [-0.3, -0.25) is 0 Å². The van der Waals surface area contributed by atoms with Crippen molar-refractivity contribution >= 4 is 17.2 Å². The average molecular weight is 383 g/mol. The maximum atomic E-state index is 4.89. The van der Waals surface area contributed by atoms with Gasteiger partial charge in [-0.25, -0.2) is 4.98 Å². The van der Waals surface area contributed by atoms with Crippen molar-refractivity contribution in [2.75, 3.05) is 20.2 Å². The van der Waals surface area contributed by atoms with Crippen LogP contribution in [-0.4, -0.2) is 46.9 Å². The zero-order valence-corrected chi connectivity index (χ0v) is 17.6. The lowest BCUT2D eigenvalue weighted by atomic mass is 9.79. The largest absolute Gasteiger partial charge is 0.399 e. The van der Waals surface area contributed by atoms with E-state index in [0.717, 1.165) is 34.5 Å². The third-order valence-corrected chi connectivity index (χ3v) is 7.01. The quantitative estimate of drug-likeness (QED) is 0.547. The van der Waals surface area contributed by atoms with Crippen molar-refractivity contribution in [3.63, 3.8) is 0 Å². The smallest absolute Gasteiger partial charge is 0.140 e. The maximum absolute atomic E-state index is 4.89. The lowest BCUT2D eigenvalue weighted by Crippen LogP contribution is -2.43. The summed E-state index contributed by atoms with van der Waals surface area (Å²) in [5, 5.41) is 5.12. The fourth-order valence-corrected chi connectivity index (χ4v) is 5.26. The van der Waals surface area contributed by atoms with Crippen LogP contribution in [-0.2, 0) is 4.84 Å². The van der Waals surface area contributed by atoms with E-state index in [1.807, 2.05) is 12.3 Å². The van der Waals surface area contributed by atoms with Crippen LogP contribution in [0.4, 0.5) is 0 Å². The number of aromatic nitrogens is 2. The molecular formula is C23H34N4O. The van der Waals surface area contributed by atoms with Gasteiger partial charge < -0.3 is 14.3 Å². The molecule has 0 unspecified atom stereocenters. The van der Waals surface area contributed by atoms with Gasteiger partial charge >= 0.3 is 0 Å². The molecule has 2 aromatic heterocycles. The highest BCUT2D eigenvalue weighted by Gasteiger charge is 2.30. The number of nitrogens with zero attached hydrogens (tertiary/aromatic N) is 4. The molecule has 0 amide bonds. The average Bonchev–Trinajstić information content (AvgIpc) is 3.11. The molecule has 0 radical (unpaired) electrons. The van der Waals surface area contributed by atoms with Gasteiger partial charge in [-0.2, -0.15) is 0 Å². The molecule has 1 saturated carbocycles. The molecule has 28 heavy (non-hydrogen) atoms.